The Kier molecular flexibility index (Phi) is 3.04. The Hall–Kier alpha value is -2.99. The molecule has 0 saturated carbocycles. The van der Waals surface area contributed by atoms with Crippen molar-refractivity contribution in [1.29, 1.82) is 0 Å². The van der Waals surface area contributed by atoms with E-state index in [9.17, 15) is 9.59 Å². The van der Waals surface area contributed by atoms with Crippen LogP contribution in [0.1, 0.15) is 5.56 Å². The number of nitrogen functional groups attached to an aromatic ring is 1. The normalized spacial score (nSPS) is 11.4. The minimum absolute atomic E-state index is 0.171. The van der Waals surface area contributed by atoms with Gasteiger partial charge in [-0.15, -0.1) is 0 Å². The molecule has 4 aromatic rings. The number of nitrogens with two attached hydrogens (primary N) is 1. The third-order valence-electron chi connectivity index (χ3n) is 4.12. The van der Waals surface area contributed by atoms with Gasteiger partial charge >= 0.3 is 0 Å². The maximum absolute atomic E-state index is 12.4. The van der Waals surface area contributed by atoms with Crippen LogP contribution in [-0.4, -0.2) is 14.8 Å². The summed E-state index contributed by atoms with van der Waals surface area (Å²) in [5.41, 5.74) is 8.44. The minimum atomic E-state index is -0.352. The second kappa shape index (κ2) is 5.01. The molecule has 2 heterocycles. The van der Waals surface area contributed by atoms with Gasteiger partial charge in [-0.25, -0.2) is 4.68 Å². The Morgan fingerprint density at radius 3 is 2.71 bits per heavy atom. The molecule has 0 amide bonds. The van der Waals surface area contributed by atoms with Crippen LogP contribution in [0.5, 0.6) is 0 Å². The fourth-order valence-electron chi connectivity index (χ4n) is 2.94. The molecule has 0 saturated heterocycles. The van der Waals surface area contributed by atoms with Gasteiger partial charge < -0.3 is 10.7 Å². The highest BCUT2D eigenvalue weighted by atomic mass is 35.5. The second-order valence-corrected chi connectivity index (χ2v) is 6.11. The monoisotopic (exact) mass is 340 g/mol. The number of rotatable bonds is 1. The van der Waals surface area contributed by atoms with Gasteiger partial charge in [-0.05, 0) is 36.8 Å². The van der Waals surface area contributed by atoms with Gasteiger partial charge in [0.05, 0.1) is 16.7 Å². The summed E-state index contributed by atoms with van der Waals surface area (Å²) in [5.74, 6) is 0.282. The van der Waals surface area contributed by atoms with Crippen molar-refractivity contribution in [1.82, 2.24) is 14.8 Å². The zero-order valence-corrected chi connectivity index (χ0v) is 13.4. The Balaban J connectivity index is 2.17. The molecule has 0 aliphatic carbocycles. The van der Waals surface area contributed by atoms with Crippen LogP contribution in [0.2, 0.25) is 5.02 Å². The first-order valence-corrected chi connectivity index (χ1v) is 7.66. The lowest BCUT2D eigenvalue weighted by Crippen LogP contribution is -2.09. The summed E-state index contributed by atoms with van der Waals surface area (Å²) >= 11 is 6.09. The average Bonchev–Trinajstić information content (AvgIpc) is 2.87. The van der Waals surface area contributed by atoms with Crippen molar-refractivity contribution in [3.05, 3.63) is 67.6 Å². The average molecular weight is 341 g/mol. The van der Waals surface area contributed by atoms with Crippen molar-refractivity contribution in [2.75, 3.05) is 5.73 Å². The highest BCUT2D eigenvalue weighted by molar-refractivity contribution is 6.30. The molecule has 2 aromatic heterocycles. The molecule has 4 N–H and O–H groups in total. The van der Waals surface area contributed by atoms with E-state index in [1.807, 2.05) is 13.0 Å². The molecule has 0 fully saturated rings. The van der Waals surface area contributed by atoms with Gasteiger partial charge in [-0.3, -0.25) is 14.7 Å². The fraction of sp³-hybridized carbons (Fsp3) is 0.0588. The number of aromatic amines is 2. The van der Waals surface area contributed by atoms with Gasteiger partial charge in [0.15, 0.2) is 5.43 Å². The number of H-pyrrole nitrogens is 2. The first-order valence-electron chi connectivity index (χ1n) is 7.28. The number of aryl methyl sites for hydroxylation is 1. The predicted molar refractivity (Wildman–Crippen MR) is 96.2 cm³/mol. The lowest BCUT2D eigenvalue weighted by molar-refractivity contribution is 0.900. The highest BCUT2D eigenvalue weighted by Gasteiger charge is 2.16. The largest absolute Gasteiger partial charge is 0.383 e. The number of nitrogens with zero attached hydrogens (tertiary/aromatic N) is 1. The number of fused-ring (bicyclic) bond motifs is 3. The van der Waals surface area contributed by atoms with Gasteiger partial charge in [0.25, 0.3) is 5.56 Å². The summed E-state index contributed by atoms with van der Waals surface area (Å²) in [6.45, 7) is 1.93. The molecule has 0 aliphatic heterocycles. The molecule has 0 unspecified atom stereocenters. The number of hydrogen-bond donors (Lipinski definition) is 3. The van der Waals surface area contributed by atoms with Gasteiger partial charge in [0.2, 0.25) is 0 Å². The molecule has 4 rings (SSSR count). The van der Waals surface area contributed by atoms with Crippen molar-refractivity contribution in [3.63, 3.8) is 0 Å². The highest BCUT2D eigenvalue weighted by Crippen LogP contribution is 2.28. The topological polar surface area (TPSA) is 96.7 Å². The molecule has 0 radical (unpaired) electrons. The molecule has 6 nitrogen and oxygen atoms in total. The van der Waals surface area contributed by atoms with E-state index in [0.717, 1.165) is 11.3 Å². The van der Waals surface area contributed by atoms with Crippen LogP contribution in [0.4, 0.5) is 5.82 Å². The zero-order chi connectivity index (χ0) is 17.0. The third kappa shape index (κ3) is 2.04. The number of benzene rings is 2. The van der Waals surface area contributed by atoms with E-state index in [0.29, 0.717) is 26.8 Å². The van der Waals surface area contributed by atoms with Gasteiger partial charge in [-0.2, -0.15) is 0 Å². The number of aromatic nitrogens is 3. The molecule has 2 aromatic carbocycles. The van der Waals surface area contributed by atoms with Gasteiger partial charge in [0, 0.05) is 16.5 Å². The molecule has 24 heavy (non-hydrogen) atoms. The second-order valence-electron chi connectivity index (χ2n) is 5.67. The van der Waals surface area contributed by atoms with Crippen LogP contribution < -0.4 is 16.7 Å². The van der Waals surface area contributed by atoms with E-state index in [1.165, 1.54) is 12.1 Å². The van der Waals surface area contributed by atoms with Crippen LogP contribution in [0.3, 0.4) is 0 Å². The number of anilines is 1. The van der Waals surface area contributed by atoms with E-state index in [-0.39, 0.29) is 16.8 Å². The molecule has 0 aliphatic rings. The van der Waals surface area contributed by atoms with E-state index < -0.39 is 0 Å². The minimum Gasteiger partial charge on any atom is -0.383 e. The molecule has 0 bridgehead atoms. The quantitative estimate of drug-likeness (QED) is 0.497. The maximum Gasteiger partial charge on any atom is 0.261 e. The smallest absolute Gasteiger partial charge is 0.261 e. The van der Waals surface area contributed by atoms with E-state index in [4.69, 9.17) is 17.3 Å². The Labute approximate surface area is 140 Å². The summed E-state index contributed by atoms with van der Waals surface area (Å²) in [6, 6.07) is 9.95. The van der Waals surface area contributed by atoms with E-state index >= 15 is 0 Å². The Bertz CT molecular complexity index is 1230. The molecule has 0 atom stereocenters. The summed E-state index contributed by atoms with van der Waals surface area (Å²) in [6.07, 6.45) is 0. The lowest BCUT2D eigenvalue weighted by atomic mass is 10.1. The number of halogens is 1. The zero-order valence-electron chi connectivity index (χ0n) is 12.7. The first kappa shape index (κ1) is 14.6. The standard InChI is InChI=1S/C17H13ClN4O2/c1-8-2-3-9(18)6-13(8)22-16(19)14-15(21-22)11-5-4-10(23)7-12(11)20-17(14)24/h2-7,21H,19H2,1H3,(H,20,24). The first-order chi connectivity index (χ1) is 11.5. The van der Waals surface area contributed by atoms with Crippen LogP contribution in [0.15, 0.2) is 46.0 Å². The molecule has 0 spiro atoms. The molecular weight excluding hydrogens is 328 g/mol. The summed E-state index contributed by atoms with van der Waals surface area (Å²) in [7, 11) is 0. The SMILES string of the molecule is Cc1ccc(Cl)cc1-n1[nH]c2c(c1N)c(=O)[nH]c1cc(=O)ccc12. The van der Waals surface area contributed by atoms with Crippen LogP contribution >= 0.6 is 11.6 Å². The summed E-state index contributed by atoms with van der Waals surface area (Å²) < 4.78 is 1.63. The Morgan fingerprint density at radius 1 is 1.12 bits per heavy atom. The van der Waals surface area contributed by atoms with Crippen LogP contribution in [0, 0.1) is 6.92 Å². The van der Waals surface area contributed by atoms with Crippen LogP contribution in [-0.2, 0) is 0 Å². The van der Waals surface area contributed by atoms with E-state index in [2.05, 4.69) is 10.1 Å². The van der Waals surface area contributed by atoms with Crippen molar-refractivity contribution >= 4 is 39.2 Å². The van der Waals surface area contributed by atoms with Crippen LogP contribution in [0.25, 0.3) is 27.5 Å². The van der Waals surface area contributed by atoms with Crippen molar-refractivity contribution in [3.8, 4) is 5.69 Å². The molecular formula is C17H13ClN4O2. The van der Waals surface area contributed by atoms with E-state index in [1.54, 1.807) is 22.9 Å². The maximum atomic E-state index is 12.4. The van der Waals surface area contributed by atoms with Gasteiger partial charge in [0.1, 0.15) is 11.2 Å². The lowest BCUT2D eigenvalue weighted by Gasteiger charge is -2.09. The number of nitrogens with one attached hydrogen (secondary N) is 2. The van der Waals surface area contributed by atoms with Gasteiger partial charge in [-0.1, -0.05) is 17.7 Å². The summed E-state index contributed by atoms with van der Waals surface area (Å²) in [4.78, 5) is 26.7. The third-order valence-corrected chi connectivity index (χ3v) is 4.35. The Morgan fingerprint density at radius 2 is 1.92 bits per heavy atom. The number of hydrogen-bond acceptors (Lipinski definition) is 3. The molecule has 120 valence electrons. The number of pyridine rings is 1. The van der Waals surface area contributed by atoms with Crippen molar-refractivity contribution in [2.24, 2.45) is 0 Å². The van der Waals surface area contributed by atoms with Crippen molar-refractivity contribution in [2.45, 2.75) is 6.92 Å². The fourth-order valence-corrected chi connectivity index (χ4v) is 3.10. The van der Waals surface area contributed by atoms with Crippen molar-refractivity contribution < 1.29 is 0 Å². The summed E-state index contributed by atoms with van der Waals surface area (Å²) in [5, 5.41) is 4.79. The molecule has 7 heteroatoms. The predicted octanol–water partition coefficient (Wildman–Crippen LogP) is 2.70.